The van der Waals surface area contributed by atoms with Gasteiger partial charge < -0.3 is 0 Å². The van der Waals surface area contributed by atoms with Crippen molar-refractivity contribution in [3.8, 4) is 77.9 Å². The Morgan fingerprint density at radius 1 is 0.139 bits per heavy atom. The smallest absolute Gasteiger partial charge is 0.00203 e. The maximum Gasteiger partial charge on any atom is -0.00203 e. The Labute approximate surface area is 418 Å². The van der Waals surface area contributed by atoms with E-state index in [4.69, 9.17) is 0 Å². The Balaban J connectivity index is 0.772. The van der Waals surface area contributed by atoms with Gasteiger partial charge in [0.25, 0.3) is 0 Å². The molecule has 332 valence electrons. The summed E-state index contributed by atoms with van der Waals surface area (Å²) in [6.07, 6.45) is 0. The van der Waals surface area contributed by atoms with Crippen LogP contribution >= 0.6 is 0 Å². The lowest BCUT2D eigenvalue weighted by atomic mass is 9.86. The standard InChI is InChI=1S/C72H44/c1-2-10-47(11-3-1)61-33-25-49-31-39-67-63(35-27-51-29-37-65(61)69(49)71(51)67)59-17-7-15-56(43-59)54-13-6-14-55(42-54)57-16-8-18-60(44-57)64-36-28-52-30-38-66-62(34-26-50-32-40-68(64)72(52)70(50)66)48-22-19-46(20-23-48)58-24-21-45-9-4-5-12-53(45)41-58/h1-44H. The summed E-state index contributed by atoms with van der Waals surface area (Å²) in [5, 5.41) is 18.1. The highest BCUT2D eigenvalue weighted by molar-refractivity contribution is 6.29. The van der Waals surface area contributed by atoms with Crippen LogP contribution in [0.25, 0.3) is 153 Å². The van der Waals surface area contributed by atoms with Crippen LogP contribution in [0.1, 0.15) is 0 Å². The molecule has 0 fully saturated rings. The van der Waals surface area contributed by atoms with Gasteiger partial charge in [0.15, 0.2) is 0 Å². The van der Waals surface area contributed by atoms with Gasteiger partial charge in [-0.1, -0.05) is 243 Å². The van der Waals surface area contributed by atoms with E-state index in [-0.39, 0.29) is 0 Å². The second-order valence-electron chi connectivity index (χ2n) is 19.5. The van der Waals surface area contributed by atoms with Crippen molar-refractivity contribution in [2.24, 2.45) is 0 Å². The van der Waals surface area contributed by atoms with Gasteiger partial charge in [0.05, 0.1) is 0 Å². The average Bonchev–Trinajstić information content (AvgIpc) is 3.46. The van der Waals surface area contributed by atoms with Gasteiger partial charge >= 0.3 is 0 Å². The first kappa shape index (κ1) is 40.5. The van der Waals surface area contributed by atoms with Crippen molar-refractivity contribution in [3.63, 3.8) is 0 Å². The van der Waals surface area contributed by atoms with Crippen molar-refractivity contribution in [3.05, 3.63) is 267 Å². The third kappa shape index (κ3) is 6.47. The Kier molecular flexibility index (Phi) is 9.06. The fourth-order valence-electron chi connectivity index (χ4n) is 12.0. The van der Waals surface area contributed by atoms with Gasteiger partial charge in [-0.3, -0.25) is 0 Å². The highest BCUT2D eigenvalue weighted by Gasteiger charge is 2.18. The number of hydrogen-bond acceptors (Lipinski definition) is 0. The number of hydrogen-bond donors (Lipinski definition) is 0. The van der Waals surface area contributed by atoms with Crippen LogP contribution in [0.3, 0.4) is 0 Å². The van der Waals surface area contributed by atoms with Crippen molar-refractivity contribution in [1.82, 2.24) is 0 Å². The van der Waals surface area contributed by atoms with E-state index in [1.54, 1.807) is 0 Å². The van der Waals surface area contributed by atoms with Crippen LogP contribution in [0.15, 0.2) is 267 Å². The van der Waals surface area contributed by atoms with Crippen LogP contribution in [-0.4, -0.2) is 0 Å². The summed E-state index contributed by atoms with van der Waals surface area (Å²) < 4.78 is 0. The van der Waals surface area contributed by atoms with E-state index in [0.29, 0.717) is 0 Å². The minimum absolute atomic E-state index is 1.20. The molecule has 0 saturated carbocycles. The van der Waals surface area contributed by atoms with Gasteiger partial charge in [0.2, 0.25) is 0 Å². The SMILES string of the molecule is c1ccc(-c2ccc3ccc4c(-c5cccc(-c6cccc(-c7cccc(-c8ccc9ccc%10c(-c%11ccc(-c%12ccc%13ccccc%13c%12)cc%11)ccc%11ccc8c9c%11%10)c7)c6)c5)ccc5ccc2c3c54)cc1. The molecule has 0 spiro atoms. The molecule has 0 heteroatoms. The Bertz CT molecular complexity index is 4590. The second-order valence-corrected chi connectivity index (χ2v) is 19.5. The minimum atomic E-state index is 1.20. The molecule has 0 aliphatic heterocycles. The highest BCUT2D eigenvalue weighted by atomic mass is 14.2. The van der Waals surface area contributed by atoms with Gasteiger partial charge in [-0.05, 0) is 178 Å². The van der Waals surface area contributed by atoms with Crippen molar-refractivity contribution in [2.45, 2.75) is 0 Å². The third-order valence-corrected chi connectivity index (χ3v) is 15.6. The molecule has 0 unspecified atom stereocenters. The Hall–Kier alpha value is -9.36. The van der Waals surface area contributed by atoms with Crippen LogP contribution in [0, 0.1) is 0 Å². The molecule has 0 saturated heterocycles. The van der Waals surface area contributed by atoms with Crippen molar-refractivity contribution in [2.75, 3.05) is 0 Å². The average molecular weight is 909 g/mol. The molecule has 0 amide bonds. The summed E-state index contributed by atoms with van der Waals surface area (Å²) >= 11 is 0. The van der Waals surface area contributed by atoms with E-state index in [0.717, 1.165) is 0 Å². The summed E-state index contributed by atoms with van der Waals surface area (Å²) in [6.45, 7) is 0. The van der Waals surface area contributed by atoms with E-state index in [1.807, 2.05) is 0 Å². The number of fused-ring (bicyclic) bond motifs is 1. The van der Waals surface area contributed by atoms with E-state index < -0.39 is 0 Å². The molecule has 0 aliphatic carbocycles. The molecule has 0 N–H and O–H groups in total. The maximum absolute atomic E-state index is 2.37. The van der Waals surface area contributed by atoms with Gasteiger partial charge in [-0.25, -0.2) is 0 Å². The molecule has 0 radical (unpaired) electrons. The van der Waals surface area contributed by atoms with Crippen molar-refractivity contribution >= 4 is 75.4 Å². The van der Waals surface area contributed by atoms with Crippen LogP contribution < -0.4 is 0 Å². The van der Waals surface area contributed by atoms with Gasteiger partial charge in [-0.15, -0.1) is 0 Å². The first-order chi connectivity index (χ1) is 35.7. The fraction of sp³-hybridized carbons (Fsp3) is 0. The zero-order valence-corrected chi connectivity index (χ0v) is 39.4. The van der Waals surface area contributed by atoms with Crippen LogP contribution in [0.2, 0.25) is 0 Å². The predicted octanol–water partition coefficient (Wildman–Crippen LogP) is 20.3. The zero-order chi connectivity index (χ0) is 47.3. The molecule has 0 bridgehead atoms. The molecule has 15 rings (SSSR count). The molecule has 0 aliphatic rings. The molecule has 0 heterocycles. The first-order valence-corrected chi connectivity index (χ1v) is 25.0. The molecule has 15 aromatic rings. The molecule has 0 nitrogen and oxygen atoms in total. The quantitative estimate of drug-likeness (QED) is 0.140. The van der Waals surface area contributed by atoms with Crippen LogP contribution in [-0.2, 0) is 0 Å². The molecular formula is C72H44. The van der Waals surface area contributed by atoms with Crippen LogP contribution in [0.5, 0.6) is 0 Å². The topological polar surface area (TPSA) is 0 Å². The van der Waals surface area contributed by atoms with Gasteiger partial charge in [0.1, 0.15) is 0 Å². The monoisotopic (exact) mass is 908 g/mol. The maximum atomic E-state index is 2.37. The largest absolute Gasteiger partial charge is 0.0622 e. The molecule has 72 heavy (non-hydrogen) atoms. The second kappa shape index (κ2) is 16.1. The Morgan fingerprint density at radius 3 is 0.889 bits per heavy atom. The summed E-state index contributed by atoms with van der Waals surface area (Å²) in [4.78, 5) is 0. The fourth-order valence-corrected chi connectivity index (χ4v) is 12.0. The number of benzene rings is 15. The van der Waals surface area contributed by atoms with Crippen LogP contribution in [0.4, 0.5) is 0 Å². The number of rotatable bonds is 7. The normalized spacial score (nSPS) is 11.9. The molecule has 15 aromatic carbocycles. The van der Waals surface area contributed by atoms with Gasteiger partial charge in [-0.2, -0.15) is 0 Å². The van der Waals surface area contributed by atoms with E-state index >= 15 is 0 Å². The summed E-state index contributed by atoms with van der Waals surface area (Å²) in [6, 6.07) is 99.4. The van der Waals surface area contributed by atoms with Crippen molar-refractivity contribution < 1.29 is 0 Å². The predicted molar refractivity (Wildman–Crippen MR) is 309 cm³/mol. The third-order valence-electron chi connectivity index (χ3n) is 15.6. The highest BCUT2D eigenvalue weighted by Crippen LogP contribution is 2.45. The summed E-state index contributed by atoms with van der Waals surface area (Å²) in [7, 11) is 0. The molecule has 0 aromatic heterocycles. The van der Waals surface area contributed by atoms with Crippen molar-refractivity contribution in [1.29, 1.82) is 0 Å². The first-order valence-electron chi connectivity index (χ1n) is 25.0. The lowest BCUT2D eigenvalue weighted by Gasteiger charge is -2.17. The minimum Gasteiger partial charge on any atom is -0.0622 e. The molecular weight excluding hydrogens is 865 g/mol. The van der Waals surface area contributed by atoms with E-state index in [1.165, 1.54) is 153 Å². The Morgan fingerprint density at radius 2 is 0.431 bits per heavy atom. The summed E-state index contributed by atoms with van der Waals surface area (Å²) in [5.74, 6) is 0. The van der Waals surface area contributed by atoms with Gasteiger partial charge in [0, 0.05) is 0 Å². The van der Waals surface area contributed by atoms with E-state index in [2.05, 4.69) is 267 Å². The lowest BCUT2D eigenvalue weighted by molar-refractivity contribution is 1.58. The summed E-state index contributed by atoms with van der Waals surface area (Å²) in [5.41, 5.74) is 17.2. The lowest BCUT2D eigenvalue weighted by Crippen LogP contribution is -1.90. The zero-order valence-electron chi connectivity index (χ0n) is 39.4. The van der Waals surface area contributed by atoms with E-state index in [9.17, 15) is 0 Å². The molecule has 0 atom stereocenters.